The molecule has 0 bridgehead atoms. The van der Waals surface area contributed by atoms with Crippen LogP contribution < -0.4 is 10.6 Å². The number of nitrogens with zero attached hydrogens (tertiary/aromatic N) is 6. The van der Waals surface area contributed by atoms with Crippen LogP contribution >= 0.6 is 0 Å². The van der Waals surface area contributed by atoms with Crippen LogP contribution in [0.1, 0.15) is 70.3 Å². The van der Waals surface area contributed by atoms with E-state index in [1.54, 1.807) is 11.8 Å². The maximum atomic E-state index is 13.4. The Kier molecular flexibility index (Phi) is 13.5. The molecule has 12 heteroatoms. The maximum Gasteiger partial charge on any atom is 0.315 e. The van der Waals surface area contributed by atoms with Gasteiger partial charge in [0.2, 0.25) is 5.91 Å². The Morgan fingerprint density at radius 3 is 2.56 bits per heavy atom. The minimum Gasteiger partial charge on any atom is -0.376 e. The fourth-order valence-electron chi connectivity index (χ4n) is 7.30. The number of hydrogen-bond donors (Lipinski definition) is 2. The molecule has 12 nitrogen and oxygen atoms in total. The molecule has 2 N–H and O–H groups in total. The number of aromatic nitrogens is 3. The number of benzene rings is 2. The van der Waals surface area contributed by atoms with Crippen molar-refractivity contribution in [2.45, 2.75) is 78.9 Å². The molecule has 2 fully saturated rings. The highest BCUT2D eigenvalue weighted by atomic mass is 16.5. The van der Waals surface area contributed by atoms with E-state index >= 15 is 0 Å². The van der Waals surface area contributed by atoms with E-state index in [1.807, 2.05) is 58.2 Å². The number of nitrogens with one attached hydrogen (secondary N) is 2. The number of carbonyl (C=O) groups is 3. The standard InChI is InChI=1S/C22H28N4O3.C20H26N4O/c1-16-6-3-4-7-18(16)13-25(15-20-8-5-11-29-20)22(28)21-12-19-14-24(17(2)27)9-10-26(19)23-21;1-16-5-4-6-17(11-16)12-22-20(25)23-13-18-8-10-24(14-18)15-19-7-2-3-9-21-19/h3-4,6-7,12,20H,5,8-11,13-15H2,1-2H3;2-7,9,11,18H,8,10,12-15H2,1H3,(H2,22,23,25). The zero-order valence-corrected chi connectivity index (χ0v) is 31.9. The van der Waals surface area contributed by atoms with Crippen LogP contribution in [0.3, 0.4) is 0 Å². The number of aryl methyl sites for hydroxylation is 2. The molecule has 7 rings (SSSR count). The molecule has 54 heavy (non-hydrogen) atoms. The zero-order valence-electron chi connectivity index (χ0n) is 31.9. The number of urea groups is 1. The van der Waals surface area contributed by atoms with Crippen LogP contribution in [0.2, 0.25) is 0 Å². The Hall–Kier alpha value is -5.07. The molecule has 2 aromatic heterocycles. The summed E-state index contributed by atoms with van der Waals surface area (Å²) in [5, 5.41) is 10.5. The molecule has 4 aromatic rings. The van der Waals surface area contributed by atoms with Crippen molar-refractivity contribution in [2.24, 2.45) is 5.92 Å². The van der Waals surface area contributed by atoms with E-state index < -0.39 is 0 Å². The summed E-state index contributed by atoms with van der Waals surface area (Å²) < 4.78 is 7.65. The highest BCUT2D eigenvalue weighted by Gasteiger charge is 2.28. The molecule has 0 aliphatic carbocycles. The van der Waals surface area contributed by atoms with Crippen molar-refractivity contribution in [3.05, 3.63) is 118 Å². The first kappa shape index (κ1) is 38.6. The largest absolute Gasteiger partial charge is 0.376 e. The van der Waals surface area contributed by atoms with E-state index in [0.717, 1.165) is 74.6 Å². The zero-order chi connectivity index (χ0) is 37.9. The third-order valence-corrected chi connectivity index (χ3v) is 10.4. The molecule has 2 aromatic carbocycles. The fourth-order valence-corrected chi connectivity index (χ4v) is 7.30. The van der Waals surface area contributed by atoms with Crippen molar-refractivity contribution in [3.8, 4) is 0 Å². The molecule has 4 amide bonds. The van der Waals surface area contributed by atoms with Crippen molar-refractivity contribution in [1.82, 2.24) is 40.1 Å². The van der Waals surface area contributed by atoms with Gasteiger partial charge >= 0.3 is 6.03 Å². The van der Waals surface area contributed by atoms with Crippen molar-refractivity contribution in [3.63, 3.8) is 0 Å². The smallest absolute Gasteiger partial charge is 0.315 e. The van der Waals surface area contributed by atoms with E-state index in [9.17, 15) is 14.4 Å². The summed E-state index contributed by atoms with van der Waals surface area (Å²) in [6, 6.07) is 24.1. The Balaban J connectivity index is 0.000000186. The van der Waals surface area contributed by atoms with Gasteiger partial charge in [0, 0.05) is 65.5 Å². The lowest BCUT2D eigenvalue weighted by molar-refractivity contribution is -0.130. The van der Waals surface area contributed by atoms with Crippen molar-refractivity contribution in [1.29, 1.82) is 0 Å². The number of likely N-dealkylation sites (tertiary alicyclic amines) is 1. The normalized spacial score (nSPS) is 18.0. The number of pyridine rings is 1. The van der Waals surface area contributed by atoms with Crippen LogP contribution in [0.15, 0.2) is 79.0 Å². The van der Waals surface area contributed by atoms with Crippen LogP contribution in [0.4, 0.5) is 4.79 Å². The average Bonchev–Trinajstić information content (AvgIpc) is 3.96. The molecule has 2 atom stereocenters. The van der Waals surface area contributed by atoms with Gasteiger partial charge in [0.15, 0.2) is 5.69 Å². The average molecular weight is 735 g/mol. The van der Waals surface area contributed by atoms with Gasteiger partial charge < -0.3 is 25.2 Å². The number of rotatable bonds is 11. The van der Waals surface area contributed by atoms with E-state index in [2.05, 4.69) is 69.8 Å². The van der Waals surface area contributed by atoms with Crippen LogP contribution in [0, 0.1) is 19.8 Å². The molecule has 2 saturated heterocycles. The van der Waals surface area contributed by atoms with Gasteiger partial charge in [-0.3, -0.25) is 24.2 Å². The lowest BCUT2D eigenvalue weighted by Gasteiger charge is -2.26. The van der Waals surface area contributed by atoms with Crippen molar-refractivity contribution in [2.75, 3.05) is 39.3 Å². The predicted octanol–water partition coefficient (Wildman–Crippen LogP) is 5.09. The number of fused-ring (bicyclic) bond motifs is 1. The maximum absolute atomic E-state index is 13.4. The molecule has 2 unspecified atom stereocenters. The predicted molar refractivity (Wildman–Crippen MR) is 207 cm³/mol. The second-order valence-electron chi connectivity index (χ2n) is 14.7. The third-order valence-electron chi connectivity index (χ3n) is 10.4. The van der Waals surface area contributed by atoms with Gasteiger partial charge in [-0.2, -0.15) is 5.10 Å². The number of carbonyl (C=O) groups excluding carboxylic acids is 3. The SMILES string of the molecule is CC(=O)N1CCn2nc(C(=O)N(Cc3ccccc3C)CC3CCCO3)cc2C1.Cc1cccc(CNC(=O)NCC2CCN(Cc3ccccn3)C2)c1. The Labute approximate surface area is 318 Å². The summed E-state index contributed by atoms with van der Waals surface area (Å²) in [4.78, 5) is 47.5. The number of ether oxygens (including phenoxy) is 1. The molecule has 5 heterocycles. The highest BCUT2D eigenvalue weighted by Crippen LogP contribution is 2.21. The number of hydrogen-bond acceptors (Lipinski definition) is 7. The van der Waals surface area contributed by atoms with Crippen molar-refractivity contribution >= 4 is 17.8 Å². The van der Waals surface area contributed by atoms with E-state index in [4.69, 9.17) is 4.74 Å². The molecule has 0 radical (unpaired) electrons. The van der Waals surface area contributed by atoms with Crippen LogP contribution in [-0.4, -0.2) is 92.7 Å². The van der Waals surface area contributed by atoms with Crippen LogP contribution in [-0.2, 0) is 42.3 Å². The quantitative estimate of drug-likeness (QED) is 0.220. The van der Waals surface area contributed by atoms with Gasteiger partial charge in [-0.25, -0.2) is 4.79 Å². The first-order valence-electron chi connectivity index (χ1n) is 19.2. The highest BCUT2D eigenvalue weighted by molar-refractivity contribution is 5.92. The molecule has 286 valence electrons. The molecule has 0 saturated carbocycles. The molecule has 3 aliphatic heterocycles. The second-order valence-corrected chi connectivity index (χ2v) is 14.7. The minimum absolute atomic E-state index is 0.0462. The van der Waals surface area contributed by atoms with Crippen molar-refractivity contribution < 1.29 is 19.1 Å². The van der Waals surface area contributed by atoms with Crippen LogP contribution in [0.25, 0.3) is 0 Å². The minimum atomic E-state index is -0.0929. The van der Waals surface area contributed by atoms with E-state index in [-0.39, 0.29) is 23.9 Å². The van der Waals surface area contributed by atoms with Gasteiger partial charge in [0.25, 0.3) is 5.91 Å². The molecular formula is C42H54N8O4. The summed E-state index contributed by atoms with van der Waals surface area (Å²) in [5.41, 5.74) is 7.08. The summed E-state index contributed by atoms with van der Waals surface area (Å²) in [6.45, 7) is 13.5. The van der Waals surface area contributed by atoms with Gasteiger partial charge in [-0.1, -0.05) is 60.2 Å². The summed E-state index contributed by atoms with van der Waals surface area (Å²) in [6.07, 6.45) is 5.05. The monoisotopic (exact) mass is 734 g/mol. The first-order valence-corrected chi connectivity index (χ1v) is 19.2. The van der Waals surface area contributed by atoms with Gasteiger partial charge in [-0.05, 0) is 80.5 Å². The lowest BCUT2D eigenvalue weighted by atomic mass is 10.1. The first-order chi connectivity index (χ1) is 26.2. The second kappa shape index (κ2) is 18.8. The Morgan fingerprint density at radius 2 is 1.80 bits per heavy atom. The van der Waals surface area contributed by atoms with Gasteiger partial charge in [0.1, 0.15) is 0 Å². The van der Waals surface area contributed by atoms with E-state index in [0.29, 0.717) is 50.9 Å². The molecular weight excluding hydrogens is 681 g/mol. The third kappa shape index (κ3) is 11.0. The Bertz CT molecular complexity index is 1860. The summed E-state index contributed by atoms with van der Waals surface area (Å²) >= 11 is 0. The van der Waals surface area contributed by atoms with Crippen LogP contribution in [0.5, 0.6) is 0 Å². The molecule has 3 aliphatic rings. The van der Waals surface area contributed by atoms with Gasteiger partial charge in [-0.15, -0.1) is 0 Å². The number of amides is 4. The molecule has 0 spiro atoms. The Morgan fingerprint density at radius 1 is 0.944 bits per heavy atom. The summed E-state index contributed by atoms with van der Waals surface area (Å²) in [7, 11) is 0. The van der Waals surface area contributed by atoms with Gasteiger partial charge in [0.05, 0.1) is 30.6 Å². The fraction of sp³-hybridized carbons (Fsp3) is 0.452. The topological polar surface area (TPSA) is 125 Å². The summed E-state index contributed by atoms with van der Waals surface area (Å²) in [5.74, 6) is 0.471. The lowest BCUT2D eigenvalue weighted by Crippen LogP contribution is -2.38. The van der Waals surface area contributed by atoms with E-state index in [1.165, 1.54) is 11.1 Å².